The lowest BCUT2D eigenvalue weighted by molar-refractivity contribution is 0.0800. The van der Waals surface area contributed by atoms with Gasteiger partial charge in [-0.15, -0.1) is 0 Å². The Morgan fingerprint density at radius 3 is 2.39 bits per heavy atom. The molecule has 0 aromatic heterocycles. The number of hydrogen-bond donors (Lipinski definition) is 1. The van der Waals surface area contributed by atoms with Gasteiger partial charge in [0.25, 0.3) is 0 Å². The first-order valence-corrected chi connectivity index (χ1v) is 7.05. The van der Waals surface area contributed by atoms with Crippen LogP contribution in [-0.2, 0) is 0 Å². The summed E-state index contributed by atoms with van der Waals surface area (Å²) in [6, 6.07) is 8.48. The standard InChI is InChI=1S/C15H23ClN2/c1-11(12-4-8-14(16)9-5-12)18(3)15(2,10-17)13-6-7-13/h4-5,8-9,11,13H,6-7,10,17H2,1-3H3. The highest BCUT2D eigenvalue weighted by molar-refractivity contribution is 6.30. The van der Waals surface area contributed by atoms with Gasteiger partial charge in [-0.1, -0.05) is 23.7 Å². The summed E-state index contributed by atoms with van der Waals surface area (Å²) in [6.07, 6.45) is 2.62. The number of hydrogen-bond acceptors (Lipinski definition) is 2. The second-order valence-electron chi connectivity index (χ2n) is 5.67. The highest BCUT2D eigenvalue weighted by Gasteiger charge is 2.44. The molecule has 0 aliphatic heterocycles. The van der Waals surface area contributed by atoms with E-state index in [0.717, 1.165) is 10.9 Å². The third-order valence-corrected chi connectivity index (χ3v) is 4.86. The number of benzene rings is 1. The van der Waals surface area contributed by atoms with Gasteiger partial charge in [-0.05, 0) is 57.4 Å². The Kier molecular flexibility index (Phi) is 4.00. The van der Waals surface area contributed by atoms with E-state index in [9.17, 15) is 0 Å². The molecule has 2 unspecified atom stereocenters. The van der Waals surface area contributed by atoms with Gasteiger partial charge in [0.05, 0.1) is 0 Å². The summed E-state index contributed by atoms with van der Waals surface area (Å²) < 4.78 is 0. The summed E-state index contributed by atoms with van der Waals surface area (Å²) in [6.45, 7) is 5.24. The Balaban J connectivity index is 2.16. The quantitative estimate of drug-likeness (QED) is 0.884. The highest BCUT2D eigenvalue weighted by Crippen LogP contribution is 2.44. The fourth-order valence-corrected chi connectivity index (χ4v) is 2.84. The highest BCUT2D eigenvalue weighted by atomic mass is 35.5. The molecule has 0 saturated heterocycles. The van der Waals surface area contributed by atoms with Crippen LogP contribution in [-0.4, -0.2) is 24.0 Å². The molecule has 3 heteroatoms. The molecule has 2 nitrogen and oxygen atoms in total. The SMILES string of the molecule is CC(c1ccc(Cl)cc1)N(C)C(C)(CN)C1CC1. The maximum absolute atomic E-state index is 6.03. The minimum atomic E-state index is 0.110. The number of nitrogens with two attached hydrogens (primary N) is 1. The smallest absolute Gasteiger partial charge is 0.0406 e. The topological polar surface area (TPSA) is 29.3 Å². The average molecular weight is 267 g/mol. The van der Waals surface area contributed by atoms with E-state index in [4.69, 9.17) is 17.3 Å². The second kappa shape index (κ2) is 5.20. The zero-order valence-corrected chi connectivity index (χ0v) is 12.2. The third-order valence-electron chi connectivity index (χ3n) is 4.61. The molecular formula is C15H23ClN2. The van der Waals surface area contributed by atoms with E-state index in [0.29, 0.717) is 12.6 Å². The molecule has 2 rings (SSSR count). The summed E-state index contributed by atoms with van der Waals surface area (Å²) in [5, 5.41) is 0.789. The normalized spacial score (nSPS) is 20.8. The van der Waals surface area contributed by atoms with Crippen LogP contribution >= 0.6 is 11.6 Å². The van der Waals surface area contributed by atoms with E-state index in [1.54, 1.807) is 0 Å². The Morgan fingerprint density at radius 1 is 1.39 bits per heavy atom. The largest absolute Gasteiger partial charge is 0.329 e. The molecule has 1 aromatic carbocycles. The fourth-order valence-electron chi connectivity index (χ4n) is 2.71. The molecule has 1 fully saturated rings. The van der Waals surface area contributed by atoms with Crippen molar-refractivity contribution in [2.75, 3.05) is 13.6 Å². The van der Waals surface area contributed by atoms with E-state index in [2.05, 4.69) is 37.9 Å². The summed E-state index contributed by atoms with van der Waals surface area (Å²) in [7, 11) is 2.18. The maximum atomic E-state index is 6.03. The summed E-state index contributed by atoms with van der Waals surface area (Å²) in [5.74, 6) is 0.752. The van der Waals surface area contributed by atoms with Gasteiger partial charge < -0.3 is 5.73 Å². The fraction of sp³-hybridized carbons (Fsp3) is 0.600. The molecule has 0 bridgehead atoms. The summed E-state index contributed by atoms with van der Waals surface area (Å²) in [5.41, 5.74) is 7.43. The third kappa shape index (κ3) is 2.56. The van der Waals surface area contributed by atoms with E-state index in [1.807, 2.05) is 12.1 Å². The molecule has 18 heavy (non-hydrogen) atoms. The van der Waals surface area contributed by atoms with Crippen LogP contribution in [0.5, 0.6) is 0 Å². The number of likely N-dealkylation sites (N-methyl/N-ethyl adjacent to an activating group) is 1. The Hall–Kier alpha value is -0.570. The van der Waals surface area contributed by atoms with Gasteiger partial charge in [-0.3, -0.25) is 4.90 Å². The molecule has 1 aliphatic rings. The lowest BCUT2D eigenvalue weighted by Crippen LogP contribution is -2.52. The lowest BCUT2D eigenvalue weighted by atomic mass is 9.91. The molecule has 0 heterocycles. The predicted octanol–water partition coefficient (Wildman–Crippen LogP) is 3.46. The van der Waals surface area contributed by atoms with Crippen LogP contribution in [0.2, 0.25) is 5.02 Å². The van der Waals surface area contributed by atoms with E-state index >= 15 is 0 Å². The van der Waals surface area contributed by atoms with Crippen molar-refractivity contribution in [2.45, 2.75) is 38.3 Å². The average Bonchev–Trinajstić information content (AvgIpc) is 3.21. The first-order valence-electron chi connectivity index (χ1n) is 6.67. The van der Waals surface area contributed by atoms with Crippen LogP contribution in [0.4, 0.5) is 0 Å². The van der Waals surface area contributed by atoms with Gasteiger partial charge in [0.1, 0.15) is 0 Å². The van der Waals surface area contributed by atoms with Crippen molar-refractivity contribution in [3.8, 4) is 0 Å². The van der Waals surface area contributed by atoms with Gasteiger partial charge >= 0.3 is 0 Å². The molecular weight excluding hydrogens is 244 g/mol. The molecule has 100 valence electrons. The second-order valence-corrected chi connectivity index (χ2v) is 6.11. The minimum absolute atomic E-state index is 0.110. The minimum Gasteiger partial charge on any atom is -0.329 e. The van der Waals surface area contributed by atoms with Crippen molar-refractivity contribution < 1.29 is 0 Å². The molecule has 1 aromatic rings. The number of rotatable bonds is 5. The van der Waals surface area contributed by atoms with E-state index in [1.165, 1.54) is 18.4 Å². The van der Waals surface area contributed by atoms with Crippen molar-refractivity contribution in [3.63, 3.8) is 0 Å². The first-order chi connectivity index (χ1) is 8.49. The van der Waals surface area contributed by atoms with Gasteiger partial charge in [0.15, 0.2) is 0 Å². The van der Waals surface area contributed by atoms with Crippen LogP contribution < -0.4 is 5.73 Å². The Morgan fingerprint density at radius 2 is 1.94 bits per heavy atom. The van der Waals surface area contributed by atoms with Crippen molar-refractivity contribution in [2.24, 2.45) is 11.7 Å². The van der Waals surface area contributed by atoms with Gasteiger partial charge in [0, 0.05) is 23.1 Å². The van der Waals surface area contributed by atoms with Crippen LogP contribution in [0, 0.1) is 5.92 Å². The van der Waals surface area contributed by atoms with Crippen molar-refractivity contribution >= 4 is 11.6 Å². The summed E-state index contributed by atoms with van der Waals surface area (Å²) in [4.78, 5) is 2.42. The van der Waals surface area contributed by atoms with Crippen LogP contribution in [0.15, 0.2) is 24.3 Å². The van der Waals surface area contributed by atoms with E-state index < -0.39 is 0 Å². The van der Waals surface area contributed by atoms with Crippen LogP contribution in [0.3, 0.4) is 0 Å². The first kappa shape index (κ1) is 13.9. The van der Waals surface area contributed by atoms with Crippen molar-refractivity contribution in [1.82, 2.24) is 4.90 Å². The maximum Gasteiger partial charge on any atom is 0.0406 e. The van der Waals surface area contributed by atoms with Crippen molar-refractivity contribution in [1.29, 1.82) is 0 Å². The van der Waals surface area contributed by atoms with Gasteiger partial charge in [0.2, 0.25) is 0 Å². The van der Waals surface area contributed by atoms with Gasteiger partial charge in [-0.25, -0.2) is 0 Å². The molecule has 2 atom stereocenters. The molecule has 0 amide bonds. The lowest BCUT2D eigenvalue weighted by Gasteiger charge is -2.42. The Labute approximate surface area is 115 Å². The Bertz CT molecular complexity index is 399. The molecule has 0 spiro atoms. The number of nitrogens with zero attached hydrogens (tertiary/aromatic N) is 1. The predicted molar refractivity (Wildman–Crippen MR) is 77.8 cm³/mol. The zero-order chi connectivity index (χ0) is 13.3. The van der Waals surface area contributed by atoms with Crippen LogP contribution in [0.25, 0.3) is 0 Å². The molecule has 0 radical (unpaired) electrons. The van der Waals surface area contributed by atoms with Crippen molar-refractivity contribution in [3.05, 3.63) is 34.9 Å². The molecule has 2 N–H and O–H groups in total. The monoisotopic (exact) mass is 266 g/mol. The number of halogens is 1. The van der Waals surface area contributed by atoms with Gasteiger partial charge in [-0.2, -0.15) is 0 Å². The van der Waals surface area contributed by atoms with E-state index in [-0.39, 0.29) is 5.54 Å². The molecule has 1 saturated carbocycles. The summed E-state index contributed by atoms with van der Waals surface area (Å²) >= 11 is 5.94. The zero-order valence-electron chi connectivity index (χ0n) is 11.5. The molecule has 1 aliphatic carbocycles. The van der Waals surface area contributed by atoms with Crippen LogP contribution in [0.1, 0.15) is 38.3 Å².